The molecule has 0 radical (unpaired) electrons. The molecule has 0 saturated carbocycles. The Balaban J connectivity index is 1.50. The van der Waals surface area contributed by atoms with Crippen LogP contribution in [-0.2, 0) is 16.9 Å². The number of halogens is 1. The van der Waals surface area contributed by atoms with Crippen molar-refractivity contribution in [3.8, 4) is 11.5 Å². The Hall–Kier alpha value is -3.97. The first-order valence-corrected chi connectivity index (χ1v) is 10.3. The lowest BCUT2D eigenvalue weighted by Crippen LogP contribution is -2.45. The summed E-state index contributed by atoms with van der Waals surface area (Å²) in [6, 6.07) is 24.8. The van der Waals surface area contributed by atoms with Gasteiger partial charge in [-0.1, -0.05) is 89.6 Å². The van der Waals surface area contributed by atoms with E-state index >= 15 is 0 Å². The van der Waals surface area contributed by atoms with Crippen LogP contribution in [0.3, 0.4) is 0 Å². The van der Waals surface area contributed by atoms with Crippen molar-refractivity contribution >= 4 is 23.5 Å². The smallest absolute Gasteiger partial charge is 0.325 e. The molecular formula is C24H17ClN4O3. The molecule has 0 bridgehead atoms. The molecule has 158 valence electrons. The van der Waals surface area contributed by atoms with E-state index in [0.29, 0.717) is 21.7 Å². The van der Waals surface area contributed by atoms with Crippen molar-refractivity contribution in [2.75, 3.05) is 0 Å². The Morgan fingerprint density at radius 3 is 2.09 bits per heavy atom. The number of rotatable bonds is 5. The number of imide groups is 1. The van der Waals surface area contributed by atoms with Crippen LogP contribution in [0.5, 0.6) is 0 Å². The van der Waals surface area contributed by atoms with Crippen molar-refractivity contribution in [2.24, 2.45) is 0 Å². The number of amides is 3. The number of nitrogens with one attached hydrogen (secondary N) is 1. The van der Waals surface area contributed by atoms with E-state index in [2.05, 4.69) is 15.5 Å². The van der Waals surface area contributed by atoms with Crippen LogP contribution in [-0.4, -0.2) is 27.0 Å². The first-order chi connectivity index (χ1) is 15.6. The fourth-order valence-electron chi connectivity index (χ4n) is 3.86. The number of nitrogens with zero attached hydrogens (tertiary/aromatic N) is 3. The van der Waals surface area contributed by atoms with E-state index in [0.717, 1.165) is 4.90 Å². The maximum Gasteiger partial charge on any atom is 0.325 e. The molecule has 5 rings (SSSR count). The van der Waals surface area contributed by atoms with Gasteiger partial charge in [0.15, 0.2) is 11.4 Å². The van der Waals surface area contributed by atoms with Crippen LogP contribution in [0, 0.1) is 0 Å². The Morgan fingerprint density at radius 1 is 0.875 bits per heavy atom. The number of carbonyl (C=O) groups is 2. The van der Waals surface area contributed by atoms with Crippen molar-refractivity contribution in [1.29, 1.82) is 0 Å². The van der Waals surface area contributed by atoms with E-state index in [1.54, 1.807) is 24.3 Å². The van der Waals surface area contributed by atoms with Crippen LogP contribution in [0.25, 0.3) is 11.5 Å². The molecule has 8 heteroatoms. The van der Waals surface area contributed by atoms with E-state index in [4.69, 9.17) is 16.1 Å². The molecule has 0 spiro atoms. The number of hydrogen-bond donors (Lipinski definition) is 1. The molecule has 1 saturated heterocycles. The van der Waals surface area contributed by atoms with Gasteiger partial charge in [0.05, 0.1) is 17.1 Å². The van der Waals surface area contributed by atoms with Gasteiger partial charge in [0.2, 0.25) is 0 Å². The monoisotopic (exact) mass is 444 g/mol. The summed E-state index contributed by atoms with van der Waals surface area (Å²) in [5.41, 5.74) is 0.566. The Bertz CT molecular complexity index is 1250. The third kappa shape index (κ3) is 3.23. The predicted octanol–water partition coefficient (Wildman–Crippen LogP) is 4.39. The van der Waals surface area contributed by atoms with Crippen molar-refractivity contribution in [2.45, 2.75) is 12.1 Å². The lowest BCUT2D eigenvalue weighted by molar-refractivity contribution is -0.130. The van der Waals surface area contributed by atoms with Gasteiger partial charge < -0.3 is 9.84 Å². The molecule has 1 aliphatic heterocycles. The molecule has 4 aromatic rings. The lowest BCUT2D eigenvalue weighted by atomic mass is 9.82. The molecule has 0 atom stereocenters. The summed E-state index contributed by atoms with van der Waals surface area (Å²) in [5.74, 6) is -0.000581. The van der Waals surface area contributed by atoms with Gasteiger partial charge in [0.1, 0.15) is 0 Å². The van der Waals surface area contributed by atoms with Crippen LogP contribution in [0.1, 0.15) is 17.0 Å². The molecule has 2 heterocycles. The number of benzene rings is 3. The highest BCUT2D eigenvalue weighted by Gasteiger charge is 2.53. The number of urea groups is 1. The van der Waals surface area contributed by atoms with Gasteiger partial charge in [-0.15, -0.1) is 0 Å². The second kappa shape index (κ2) is 7.94. The van der Waals surface area contributed by atoms with Crippen LogP contribution in [0.15, 0.2) is 89.5 Å². The van der Waals surface area contributed by atoms with Gasteiger partial charge in [0, 0.05) is 0 Å². The first-order valence-electron chi connectivity index (χ1n) is 9.92. The number of aromatic nitrogens is 2. The van der Waals surface area contributed by atoms with Crippen molar-refractivity contribution in [1.82, 2.24) is 20.4 Å². The normalized spacial score (nSPS) is 15.1. The highest BCUT2D eigenvalue weighted by Crippen LogP contribution is 2.36. The molecule has 3 aromatic carbocycles. The molecule has 1 aromatic heterocycles. The van der Waals surface area contributed by atoms with Gasteiger partial charge in [-0.2, -0.15) is 4.98 Å². The summed E-state index contributed by atoms with van der Waals surface area (Å²) in [4.78, 5) is 32.1. The molecule has 1 N–H and O–H groups in total. The molecule has 1 fully saturated rings. The maximum atomic E-state index is 13.7. The van der Waals surface area contributed by atoms with E-state index in [-0.39, 0.29) is 18.3 Å². The molecule has 32 heavy (non-hydrogen) atoms. The molecule has 0 unspecified atom stereocenters. The van der Waals surface area contributed by atoms with E-state index in [1.807, 2.05) is 60.7 Å². The van der Waals surface area contributed by atoms with Crippen LogP contribution in [0.4, 0.5) is 4.79 Å². The van der Waals surface area contributed by atoms with E-state index in [9.17, 15) is 9.59 Å². The highest BCUT2D eigenvalue weighted by molar-refractivity contribution is 6.33. The average Bonchev–Trinajstić information content (AvgIpc) is 3.39. The lowest BCUT2D eigenvalue weighted by Gasteiger charge is -2.27. The molecule has 3 amide bonds. The minimum Gasteiger partial charge on any atom is -0.334 e. The molecular weight excluding hydrogens is 428 g/mol. The topological polar surface area (TPSA) is 88.3 Å². The zero-order valence-corrected chi connectivity index (χ0v) is 17.5. The highest BCUT2D eigenvalue weighted by atomic mass is 35.5. The van der Waals surface area contributed by atoms with Gasteiger partial charge in [-0.3, -0.25) is 9.69 Å². The first kappa shape index (κ1) is 20.0. The average molecular weight is 445 g/mol. The number of hydrogen-bond acceptors (Lipinski definition) is 5. The minimum atomic E-state index is -1.34. The Kier molecular flexibility index (Phi) is 4.95. The zero-order chi connectivity index (χ0) is 22.1. The summed E-state index contributed by atoms with van der Waals surface area (Å²) >= 11 is 6.20. The third-order valence-corrected chi connectivity index (χ3v) is 5.72. The Morgan fingerprint density at radius 2 is 1.47 bits per heavy atom. The second-order valence-electron chi connectivity index (χ2n) is 7.30. The third-order valence-electron chi connectivity index (χ3n) is 5.39. The maximum absolute atomic E-state index is 13.7. The van der Waals surface area contributed by atoms with Crippen LogP contribution in [0.2, 0.25) is 5.02 Å². The molecule has 0 aliphatic carbocycles. The van der Waals surface area contributed by atoms with Crippen LogP contribution >= 0.6 is 11.6 Å². The van der Waals surface area contributed by atoms with Gasteiger partial charge in [0.25, 0.3) is 11.8 Å². The fourth-order valence-corrected chi connectivity index (χ4v) is 4.07. The summed E-state index contributed by atoms with van der Waals surface area (Å²) < 4.78 is 5.32. The fraction of sp³-hybridized carbons (Fsp3) is 0.0833. The number of carbonyl (C=O) groups excluding carboxylic acids is 2. The van der Waals surface area contributed by atoms with Gasteiger partial charge in [-0.25, -0.2) is 4.79 Å². The summed E-state index contributed by atoms with van der Waals surface area (Å²) in [6.07, 6.45) is 0. The van der Waals surface area contributed by atoms with Crippen molar-refractivity contribution in [3.63, 3.8) is 0 Å². The van der Waals surface area contributed by atoms with Crippen molar-refractivity contribution < 1.29 is 14.1 Å². The molecule has 7 nitrogen and oxygen atoms in total. The summed E-state index contributed by atoms with van der Waals surface area (Å²) in [5, 5.41) is 7.30. The van der Waals surface area contributed by atoms with Crippen molar-refractivity contribution in [3.05, 3.63) is 107 Å². The van der Waals surface area contributed by atoms with Crippen LogP contribution < -0.4 is 5.32 Å². The summed E-state index contributed by atoms with van der Waals surface area (Å²) in [7, 11) is 0. The largest absolute Gasteiger partial charge is 0.334 e. The zero-order valence-electron chi connectivity index (χ0n) is 16.7. The van der Waals surface area contributed by atoms with Gasteiger partial charge in [-0.05, 0) is 23.3 Å². The molecule has 1 aliphatic rings. The summed E-state index contributed by atoms with van der Waals surface area (Å²) in [6.45, 7) is -0.139. The quantitative estimate of drug-likeness (QED) is 0.461. The van der Waals surface area contributed by atoms with Gasteiger partial charge >= 0.3 is 6.03 Å². The van der Waals surface area contributed by atoms with E-state index in [1.165, 1.54) is 0 Å². The predicted molar refractivity (Wildman–Crippen MR) is 117 cm³/mol. The van der Waals surface area contributed by atoms with E-state index < -0.39 is 17.5 Å². The Labute approximate surface area is 188 Å². The second-order valence-corrected chi connectivity index (χ2v) is 7.71. The SMILES string of the molecule is O=C1NC(c2ccccc2)(c2ccccc2)C(=O)N1Cc1noc(-c2ccccc2Cl)n1. The standard InChI is InChI=1S/C24H17ClN4O3/c25-19-14-8-7-13-18(19)21-26-20(28-32-21)15-29-22(30)24(27-23(29)31,16-9-3-1-4-10-16)17-11-5-2-6-12-17/h1-14H,15H2,(H,27,31). The minimum absolute atomic E-state index is 0.139.